The van der Waals surface area contributed by atoms with Gasteiger partial charge in [0.1, 0.15) is 12.4 Å². The van der Waals surface area contributed by atoms with Crippen LogP contribution in [0.1, 0.15) is 16.7 Å². The lowest BCUT2D eigenvalue weighted by atomic mass is 10.1. The Balaban J connectivity index is 2.44. The van der Waals surface area contributed by atoms with Crippen molar-refractivity contribution in [1.82, 2.24) is 5.32 Å². The quantitative estimate of drug-likeness (QED) is 0.739. The molecule has 0 fully saturated rings. The summed E-state index contributed by atoms with van der Waals surface area (Å²) in [7, 11) is 0. The van der Waals surface area contributed by atoms with E-state index in [9.17, 15) is 4.79 Å². The van der Waals surface area contributed by atoms with Gasteiger partial charge >= 0.3 is 5.97 Å². The van der Waals surface area contributed by atoms with Crippen molar-refractivity contribution < 1.29 is 14.6 Å². The van der Waals surface area contributed by atoms with Gasteiger partial charge in [-0.05, 0) is 31.9 Å². The molecule has 0 bridgehead atoms. The summed E-state index contributed by atoms with van der Waals surface area (Å²) in [4.78, 5) is 10.3. The number of carbonyl (C=O) groups is 1. The van der Waals surface area contributed by atoms with E-state index >= 15 is 0 Å². The second kappa shape index (κ2) is 6.25. The molecule has 94 valence electrons. The minimum absolute atomic E-state index is 0.0325. The van der Waals surface area contributed by atoms with Crippen LogP contribution in [0.5, 0.6) is 5.75 Å². The molecule has 4 heteroatoms. The predicted molar refractivity (Wildman–Crippen MR) is 66.7 cm³/mol. The van der Waals surface area contributed by atoms with E-state index in [-0.39, 0.29) is 6.54 Å². The van der Waals surface area contributed by atoms with Crippen molar-refractivity contribution in [3.8, 4) is 5.75 Å². The molecular weight excluding hydrogens is 218 g/mol. The number of aryl methyl sites for hydroxylation is 3. The van der Waals surface area contributed by atoms with Crippen molar-refractivity contribution >= 4 is 5.97 Å². The average Bonchev–Trinajstić information content (AvgIpc) is 2.20. The molecule has 0 saturated carbocycles. The van der Waals surface area contributed by atoms with Crippen LogP contribution in [0, 0.1) is 20.8 Å². The van der Waals surface area contributed by atoms with Crippen molar-refractivity contribution in [2.45, 2.75) is 20.8 Å². The van der Waals surface area contributed by atoms with Crippen LogP contribution in [0.4, 0.5) is 0 Å². The van der Waals surface area contributed by atoms with Gasteiger partial charge in [-0.25, -0.2) is 0 Å². The third-order valence-electron chi connectivity index (χ3n) is 2.41. The molecule has 0 aliphatic rings. The standard InChI is InChI=1S/C13H19NO3/c1-9-6-10(2)13(11(3)7-9)17-5-4-14-8-12(15)16/h6-7,14H,4-5,8H2,1-3H3,(H,15,16). The van der Waals surface area contributed by atoms with Crippen LogP contribution in [-0.4, -0.2) is 30.8 Å². The second-order valence-corrected chi connectivity index (χ2v) is 4.15. The fraction of sp³-hybridized carbons (Fsp3) is 0.462. The zero-order valence-corrected chi connectivity index (χ0v) is 10.5. The van der Waals surface area contributed by atoms with Gasteiger partial charge in [0.15, 0.2) is 0 Å². The Hall–Kier alpha value is -1.55. The number of aliphatic carboxylic acids is 1. The van der Waals surface area contributed by atoms with Crippen molar-refractivity contribution in [1.29, 1.82) is 0 Å². The first kappa shape index (κ1) is 13.5. The summed E-state index contributed by atoms with van der Waals surface area (Å²) in [6.45, 7) is 7.05. The van der Waals surface area contributed by atoms with Gasteiger partial charge in [0.2, 0.25) is 0 Å². The van der Waals surface area contributed by atoms with Crippen LogP contribution in [0.15, 0.2) is 12.1 Å². The van der Waals surface area contributed by atoms with Gasteiger partial charge in [-0.2, -0.15) is 0 Å². The van der Waals surface area contributed by atoms with Crippen molar-refractivity contribution in [2.24, 2.45) is 0 Å². The van der Waals surface area contributed by atoms with E-state index < -0.39 is 5.97 Å². The van der Waals surface area contributed by atoms with E-state index in [1.807, 2.05) is 13.8 Å². The van der Waals surface area contributed by atoms with E-state index in [1.165, 1.54) is 5.56 Å². The lowest BCUT2D eigenvalue weighted by Crippen LogP contribution is -2.27. The average molecular weight is 237 g/mol. The maximum absolute atomic E-state index is 10.3. The number of carboxylic acid groups (broad SMARTS) is 1. The maximum atomic E-state index is 10.3. The van der Waals surface area contributed by atoms with E-state index in [1.54, 1.807) is 0 Å². The van der Waals surface area contributed by atoms with Crippen LogP contribution in [0.25, 0.3) is 0 Å². The summed E-state index contributed by atoms with van der Waals surface area (Å²) in [5.41, 5.74) is 3.44. The first-order valence-corrected chi connectivity index (χ1v) is 5.64. The summed E-state index contributed by atoms with van der Waals surface area (Å²) in [5, 5.41) is 11.2. The third kappa shape index (κ3) is 4.44. The normalized spacial score (nSPS) is 10.3. The number of rotatable bonds is 6. The number of nitrogens with one attached hydrogen (secondary N) is 1. The lowest BCUT2D eigenvalue weighted by molar-refractivity contribution is -0.135. The zero-order valence-electron chi connectivity index (χ0n) is 10.5. The van der Waals surface area contributed by atoms with Crippen LogP contribution < -0.4 is 10.1 Å². The largest absolute Gasteiger partial charge is 0.492 e. The second-order valence-electron chi connectivity index (χ2n) is 4.15. The summed E-state index contributed by atoms with van der Waals surface area (Å²) in [6, 6.07) is 4.15. The minimum atomic E-state index is -0.854. The molecule has 0 aliphatic carbocycles. The first-order valence-electron chi connectivity index (χ1n) is 5.64. The van der Waals surface area contributed by atoms with Crippen LogP contribution in [0.3, 0.4) is 0 Å². The highest BCUT2D eigenvalue weighted by Gasteiger charge is 2.04. The number of carboxylic acids is 1. The van der Waals surface area contributed by atoms with E-state index in [2.05, 4.69) is 24.4 Å². The summed E-state index contributed by atoms with van der Waals surface area (Å²) >= 11 is 0. The smallest absolute Gasteiger partial charge is 0.317 e. The van der Waals surface area contributed by atoms with Crippen molar-refractivity contribution in [3.05, 3.63) is 28.8 Å². The maximum Gasteiger partial charge on any atom is 0.317 e. The van der Waals surface area contributed by atoms with Gasteiger partial charge < -0.3 is 15.2 Å². The predicted octanol–water partition coefficient (Wildman–Crippen LogP) is 1.66. The van der Waals surface area contributed by atoms with Crippen molar-refractivity contribution in [3.63, 3.8) is 0 Å². The Morgan fingerprint density at radius 1 is 1.29 bits per heavy atom. The number of hydrogen-bond acceptors (Lipinski definition) is 3. The van der Waals surface area contributed by atoms with E-state index in [4.69, 9.17) is 9.84 Å². The molecule has 0 spiro atoms. The summed E-state index contributed by atoms with van der Waals surface area (Å²) in [6.07, 6.45) is 0. The Morgan fingerprint density at radius 2 is 1.88 bits per heavy atom. The molecule has 17 heavy (non-hydrogen) atoms. The van der Waals surface area contributed by atoms with Crippen molar-refractivity contribution in [2.75, 3.05) is 19.7 Å². The molecule has 2 N–H and O–H groups in total. The Morgan fingerprint density at radius 3 is 2.41 bits per heavy atom. The topological polar surface area (TPSA) is 58.6 Å². The highest BCUT2D eigenvalue weighted by atomic mass is 16.5. The van der Waals surface area contributed by atoms with Gasteiger partial charge in [0, 0.05) is 6.54 Å². The molecule has 0 atom stereocenters. The molecule has 0 heterocycles. The van der Waals surface area contributed by atoms with E-state index in [0.717, 1.165) is 16.9 Å². The lowest BCUT2D eigenvalue weighted by Gasteiger charge is -2.13. The number of hydrogen-bond donors (Lipinski definition) is 2. The van der Waals surface area contributed by atoms with Gasteiger partial charge in [0.25, 0.3) is 0 Å². The summed E-state index contributed by atoms with van der Waals surface area (Å²) < 4.78 is 5.65. The van der Waals surface area contributed by atoms with Gasteiger partial charge in [0.05, 0.1) is 6.54 Å². The molecule has 0 amide bonds. The van der Waals surface area contributed by atoms with Gasteiger partial charge in [-0.15, -0.1) is 0 Å². The van der Waals surface area contributed by atoms with Crippen LogP contribution in [0.2, 0.25) is 0 Å². The monoisotopic (exact) mass is 237 g/mol. The fourth-order valence-electron chi connectivity index (χ4n) is 1.82. The number of ether oxygens (including phenoxy) is 1. The molecular formula is C13H19NO3. The minimum Gasteiger partial charge on any atom is -0.492 e. The van der Waals surface area contributed by atoms with Crippen LogP contribution in [-0.2, 0) is 4.79 Å². The highest BCUT2D eigenvalue weighted by molar-refractivity contribution is 5.68. The summed E-state index contributed by atoms with van der Waals surface area (Å²) in [5.74, 6) is 0.0421. The fourth-order valence-corrected chi connectivity index (χ4v) is 1.82. The van der Waals surface area contributed by atoms with Gasteiger partial charge in [-0.1, -0.05) is 17.7 Å². The molecule has 1 rings (SSSR count). The van der Waals surface area contributed by atoms with E-state index in [0.29, 0.717) is 13.2 Å². The highest BCUT2D eigenvalue weighted by Crippen LogP contribution is 2.24. The Bertz CT molecular complexity index is 379. The molecule has 0 unspecified atom stereocenters. The first-order chi connectivity index (χ1) is 8.00. The zero-order chi connectivity index (χ0) is 12.8. The molecule has 0 radical (unpaired) electrons. The Labute approximate surface area is 102 Å². The third-order valence-corrected chi connectivity index (χ3v) is 2.41. The Kier molecular flexibility index (Phi) is 4.97. The molecule has 1 aromatic carbocycles. The van der Waals surface area contributed by atoms with Crippen LogP contribution >= 0.6 is 0 Å². The molecule has 0 aromatic heterocycles. The van der Waals surface area contributed by atoms with Gasteiger partial charge in [-0.3, -0.25) is 4.79 Å². The number of benzene rings is 1. The molecule has 0 aliphatic heterocycles. The molecule has 4 nitrogen and oxygen atoms in total. The molecule has 0 saturated heterocycles. The molecule has 1 aromatic rings. The SMILES string of the molecule is Cc1cc(C)c(OCCNCC(=O)O)c(C)c1.